The van der Waals surface area contributed by atoms with Gasteiger partial charge in [-0.15, -0.1) is 0 Å². The van der Waals surface area contributed by atoms with Gasteiger partial charge in [-0.1, -0.05) is 20.4 Å². The van der Waals surface area contributed by atoms with Gasteiger partial charge in [0.2, 0.25) is 0 Å². The van der Waals surface area contributed by atoms with E-state index >= 15 is 0 Å². The highest BCUT2D eigenvalue weighted by atomic mass is 16.3. The zero-order valence-corrected chi connectivity index (χ0v) is 7.54. The fourth-order valence-corrected chi connectivity index (χ4v) is 0.675. The first-order valence-corrected chi connectivity index (χ1v) is 3.99. The molecule has 0 aromatic rings. The van der Waals surface area contributed by atoms with E-state index in [2.05, 4.69) is 6.58 Å². The van der Waals surface area contributed by atoms with Gasteiger partial charge in [0.05, 0.1) is 12.2 Å². The molecule has 0 aliphatic carbocycles. The van der Waals surface area contributed by atoms with E-state index in [9.17, 15) is 5.11 Å². The van der Waals surface area contributed by atoms with Crippen LogP contribution in [0.1, 0.15) is 27.2 Å². The van der Waals surface area contributed by atoms with Crippen molar-refractivity contribution in [2.24, 2.45) is 5.92 Å². The molecule has 2 nitrogen and oxygen atoms in total. The van der Waals surface area contributed by atoms with E-state index in [0.717, 1.165) is 0 Å². The summed E-state index contributed by atoms with van der Waals surface area (Å²) in [5.41, 5.74) is 0.700. The number of aliphatic hydroxyl groups is 2. The van der Waals surface area contributed by atoms with Crippen molar-refractivity contribution in [2.45, 2.75) is 39.4 Å². The summed E-state index contributed by atoms with van der Waals surface area (Å²) in [6.07, 6.45) is -0.393. The van der Waals surface area contributed by atoms with Gasteiger partial charge in [-0.3, -0.25) is 0 Å². The summed E-state index contributed by atoms with van der Waals surface area (Å²) in [5, 5.41) is 18.4. The Balaban J connectivity index is 3.76. The van der Waals surface area contributed by atoms with Crippen LogP contribution in [0.2, 0.25) is 0 Å². The lowest BCUT2D eigenvalue weighted by Gasteiger charge is -2.17. The summed E-state index contributed by atoms with van der Waals surface area (Å²) in [6, 6.07) is 0. The van der Waals surface area contributed by atoms with Gasteiger partial charge in [0.15, 0.2) is 0 Å². The standard InChI is InChI=1S/C9H18O2/c1-6(2)9(11)5-7(3)8(4)10/h6,8-11H,3,5H2,1-2,4H3/t8-,9+/m1/s1. The Hall–Kier alpha value is -0.340. The molecule has 2 atom stereocenters. The number of rotatable bonds is 4. The average Bonchev–Trinajstić information content (AvgIpc) is 1.87. The number of hydrogen-bond acceptors (Lipinski definition) is 2. The van der Waals surface area contributed by atoms with E-state index in [1.807, 2.05) is 13.8 Å². The van der Waals surface area contributed by atoms with Gasteiger partial charge >= 0.3 is 0 Å². The molecule has 0 radical (unpaired) electrons. The SMILES string of the molecule is C=C(C[C@H](O)C(C)C)[C@@H](C)O. The molecule has 0 aliphatic rings. The molecular formula is C9H18O2. The van der Waals surface area contributed by atoms with Crippen LogP contribution in [0.5, 0.6) is 0 Å². The van der Waals surface area contributed by atoms with Crippen molar-refractivity contribution < 1.29 is 10.2 Å². The predicted octanol–water partition coefficient (Wildman–Crippen LogP) is 1.33. The molecular weight excluding hydrogens is 140 g/mol. The summed E-state index contributed by atoms with van der Waals surface area (Å²) in [5.74, 6) is 0.227. The molecule has 0 bridgehead atoms. The van der Waals surface area contributed by atoms with Crippen molar-refractivity contribution in [3.05, 3.63) is 12.2 Å². The fourth-order valence-electron chi connectivity index (χ4n) is 0.675. The summed E-state index contributed by atoms with van der Waals surface area (Å²) < 4.78 is 0. The van der Waals surface area contributed by atoms with Crippen LogP contribution >= 0.6 is 0 Å². The molecule has 11 heavy (non-hydrogen) atoms. The van der Waals surface area contributed by atoms with Crippen molar-refractivity contribution in [3.8, 4) is 0 Å². The van der Waals surface area contributed by atoms with Gasteiger partial charge < -0.3 is 10.2 Å². The van der Waals surface area contributed by atoms with E-state index in [4.69, 9.17) is 5.11 Å². The molecule has 0 heterocycles. The summed E-state index contributed by atoms with van der Waals surface area (Å²) >= 11 is 0. The third kappa shape index (κ3) is 4.17. The van der Waals surface area contributed by atoms with Gasteiger partial charge in [-0.25, -0.2) is 0 Å². The molecule has 2 heteroatoms. The van der Waals surface area contributed by atoms with Crippen LogP contribution in [0.15, 0.2) is 12.2 Å². The Morgan fingerprint density at radius 1 is 1.27 bits per heavy atom. The van der Waals surface area contributed by atoms with Gasteiger partial charge in [-0.2, -0.15) is 0 Å². The zero-order valence-electron chi connectivity index (χ0n) is 7.54. The van der Waals surface area contributed by atoms with E-state index in [0.29, 0.717) is 12.0 Å². The topological polar surface area (TPSA) is 40.5 Å². The second kappa shape index (κ2) is 4.52. The zero-order chi connectivity index (χ0) is 9.02. The number of hydrogen-bond donors (Lipinski definition) is 2. The van der Waals surface area contributed by atoms with Crippen LogP contribution < -0.4 is 0 Å². The summed E-state index contributed by atoms with van der Waals surface area (Å²) in [7, 11) is 0. The molecule has 2 N–H and O–H groups in total. The average molecular weight is 158 g/mol. The van der Waals surface area contributed by atoms with Crippen LogP contribution in [0.3, 0.4) is 0 Å². The third-order valence-corrected chi connectivity index (χ3v) is 1.83. The van der Waals surface area contributed by atoms with Gasteiger partial charge in [-0.05, 0) is 24.8 Å². The minimum Gasteiger partial charge on any atom is -0.393 e. The van der Waals surface area contributed by atoms with Gasteiger partial charge in [0, 0.05) is 0 Å². The normalized spacial score (nSPS) is 16.5. The van der Waals surface area contributed by atoms with Gasteiger partial charge in [0.25, 0.3) is 0 Å². The monoisotopic (exact) mass is 158 g/mol. The molecule has 0 amide bonds. The van der Waals surface area contributed by atoms with Crippen LogP contribution in [-0.2, 0) is 0 Å². The van der Waals surface area contributed by atoms with E-state index in [-0.39, 0.29) is 12.0 Å². The summed E-state index contributed by atoms with van der Waals surface area (Å²) in [6.45, 7) is 9.22. The first kappa shape index (κ1) is 10.7. The molecule has 0 spiro atoms. The lowest BCUT2D eigenvalue weighted by Crippen LogP contribution is -2.18. The third-order valence-electron chi connectivity index (χ3n) is 1.83. The minimum absolute atomic E-state index is 0.227. The van der Waals surface area contributed by atoms with Crippen LogP contribution in [0.4, 0.5) is 0 Å². The van der Waals surface area contributed by atoms with Crippen molar-refractivity contribution in [1.82, 2.24) is 0 Å². The molecule has 0 aliphatic heterocycles. The highest BCUT2D eigenvalue weighted by Gasteiger charge is 2.12. The lowest BCUT2D eigenvalue weighted by molar-refractivity contribution is 0.115. The Labute approximate surface area is 68.6 Å². The first-order chi connectivity index (χ1) is 4.95. The molecule has 0 aromatic carbocycles. The molecule has 66 valence electrons. The maximum Gasteiger partial charge on any atom is 0.0720 e. The summed E-state index contributed by atoms with van der Waals surface area (Å²) in [4.78, 5) is 0. The van der Waals surface area contributed by atoms with Crippen LogP contribution in [0.25, 0.3) is 0 Å². The molecule has 0 fully saturated rings. The Bertz CT molecular complexity index is 128. The molecule has 0 saturated heterocycles. The minimum atomic E-state index is -0.511. The van der Waals surface area contributed by atoms with Crippen molar-refractivity contribution in [1.29, 1.82) is 0 Å². The van der Waals surface area contributed by atoms with Crippen molar-refractivity contribution in [3.63, 3.8) is 0 Å². The maximum absolute atomic E-state index is 9.37. The largest absolute Gasteiger partial charge is 0.393 e. The molecule has 0 rings (SSSR count). The van der Waals surface area contributed by atoms with Gasteiger partial charge in [0.1, 0.15) is 0 Å². The lowest BCUT2D eigenvalue weighted by atomic mass is 9.98. The first-order valence-electron chi connectivity index (χ1n) is 3.99. The van der Waals surface area contributed by atoms with Crippen molar-refractivity contribution in [2.75, 3.05) is 0 Å². The maximum atomic E-state index is 9.37. The van der Waals surface area contributed by atoms with E-state index in [1.165, 1.54) is 0 Å². The molecule has 0 saturated carbocycles. The van der Waals surface area contributed by atoms with Crippen molar-refractivity contribution >= 4 is 0 Å². The smallest absolute Gasteiger partial charge is 0.0720 e. The van der Waals surface area contributed by atoms with E-state index in [1.54, 1.807) is 6.92 Å². The highest BCUT2D eigenvalue weighted by Crippen LogP contribution is 2.13. The van der Waals surface area contributed by atoms with Crippen LogP contribution in [-0.4, -0.2) is 22.4 Å². The quantitative estimate of drug-likeness (QED) is 0.606. The highest BCUT2D eigenvalue weighted by molar-refractivity contribution is 5.01. The Kier molecular flexibility index (Phi) is 4.38. The second-order valence-corrected chi connectivity index (χ2v) is 3.35. The molecule has 0 unspecified atom stereocenters. The molecule has 0 aromatic heterocycles. The number of aliphatic hydroxyl groups excluding tert-OH is 2. The van der Waals surface area contributed by atoms with Crippen LogP contribution in [0, 0.1) is 5.92 Å². The Morgan fingerprint density at radius 2 is 1.73 bits per heavy atom. The second-order valence-electron chi connectivity index (χ2n) is 3.35. The van der Waals surface area contributed by atoms with E-state index < -0.39 is 6.10 Å². The Morgan fingerprint density at radius 3 is 2.00 bits per heavy atom. The fraction of sp³-hybridized carbons (Fsp3) is 0.778. The predicted molar refractivity (Wildman–Crippen MR) is 46.3 cm³/mol.